The quantitative estimate of drug-likeness (QED) is 0.743. The molecule has 4 nitrogen and oxygen atoms in total. The second-order valence-electron chi connectivity index (χ2n) is 4.51. The van der Waals surface area contributed by atoms with Crippen LogP contribution in [0.3, 0.4) is 0 Å². The molecule has 0 bridgehead atoms. The molecular formula is C12H17FN2O2S. The van der Waals surface area contributed by atoms with Gasteiger partial charge in [0.25, 0.3) is 0 Å². The summed E-state index contributed by atoms with van der Waals surface area (Å²) in [6.45, 7) is 0.717. The second-order valence-corrected chi connectivity index (χ2v) is 6.35. The lowest BCUT2D eigenvalue weighted by Gasteiger charge is -2.08. The van der Waals surface area contributed by atoms with Crippen LogP contribution in [-0.4, -0.2) is 26.8 Å². The van der Waals surface area contributed by atoms with Gasteiger partial charge in [0, 0.05) is 11.7 Å². The maximum Gasteiger partial charge on any atom is 0.232 e. The third kappa shape index (κ3) is 4.62. The van der Waals surface area contributed by atoms with Gasteiger partial charge in [0.2, 0.25) is 10.0 Å². The molecule has 0 aromatic heterocycles. The van der Waals surface area contributed by atoms with Gasteiger partial charge >= 0.3 is 0 Å². The SMILES string of the molecule is O=S(=O)(CCCNC1CC1)Nc1ccc(F)cc1. The third-order valence-electron chi connectivity index (χ3n) is 2.72. The number of rotatable bonds is 7. The molecule has 0 aliphatic heterocycles. The van der Waals surface area contributed by atoms with Crippen LogP contribution >= 0.6 is 0 Å². The summed E-state index contributed by atoms with van der Waals surface area (Å²) in [7, 11) is -3.34. The van der Waals surface area contributed by atoms with Crippen molar-refractivity contribution in [3.63, 3.8) is 0 Å². The van der Waals surface area contributed by atoms with Crippen LogP contribution in [0.1, 0.15) is 19.3 Å². The lowest BCUT2D eigenvalue weighted by atomic mass is 10.3. The first-order valence-corrected chi connectivity index (χ1v) is 7.70. The molecule has 1 aromatic rings. The normalized spacial score (nSPS) is 15.6. The van der Waals surface area contributed by atoms with E-state index in [1.807, 2.05) is 0 Å². The molecule has 0 unspecified atom stereocenters. The van der Waals surface area contributed by atoms with Crippen LogP contribution in [0.2, 0.25) is 0 Å². The Hall–Kier alpha value is -1.14. The van der Waals surface area contributed by atoms with Crippen molar-refractivity contribution in [1.29, 1.82) is 0 Å². The topological polar surface area (TPSA) is 58.2 Å². The van der Waals surface area contributed by atoms with Crippen molar-refractivity contribution in [1.82, 2.24) is 5.32 Å². The van der Waals surface area contributed by atoms with Gasteiger partial charge in [-0.05, 0) is 50.1 Å². The standard InChI is InChI=1S/C12H17FN2O2S/c13-10-2-4-12(5-3-10)15-18(16,17)9-1-8-14-11-6-7-11/h2-5,11,14-15H,1,6-9H2. The Morgan fingerprint density at radius 1 is 1.22 bits per heavy atom. The van der Waals surface area contributed by atoms with Gasteiger partial charge < -0.3 is 5.32 Å². The molecule has 0 atom stereocenters. The second kappa shape index (κ2) is 5.67. The number of hydrogen-bond acceptors (Lipinski definition) is 3. The molecule has 2 rings (SSSR count). The van der Waals surface area contributed by atoms with Gasteiger partial charge in [-0.1, -0.05) is 0 Å². The molecule has 2 N–H and O–H groups in total. The highest BCUT2D eigenvalue weighted by molar-refractivity contribution is 7.92. The van der Waals surface area contributed by atoms with Gasteiger partial charge in [-0.15, -0.1) is 0 Å². The molecule has 6 heteroatoms. The van der Waals surface area contributed by atoms with Gasteiger partial charge in [-0.3, -0.25) is 4.72 Å². The summed E-state index contributed by atoms with van der Waals surface area (Å²) >= 11 is 0. The minimum Gasteiger partial charge on any atom is -0.314 e. The zero-order chi connectivity index (χ0) is 13.0. The Kier molecular flexibility index (Phi) is 4.19. The van der Waals surface area contributed by atoms with Crippen LogP contribution in [0.15, 0.2) is 24.3 Å². The number of anilines is 1. The van der Waals surface area contributed by atoms with E-state index >= 15 is 0 Å². The zero-order valence-corrected chi connectivity index (χ0v) is 10.8. The van der Waals surface area contributed by atoms with Gasteiger partial charge in [0.05, 0.1) is 5.75 Å². The van der Waals surface area contributed by atoms with E-state index in [2.05, 4.69) is 10.0 Å². The fraction of sp³-hybridized carbons (Fsp3) is 0.500. The zero-order valence-electron chi connectivity index (χ0n) is 10.0. The minimum atomic E-state index is -3.34. The minimum absolute atomic E-state index is 0.0735. The third-order valence-corrected chi connectivity index (χ3v) is 4.09. The first-order valence-electron chi connectivity index (χ1n) is 6.05. The van der Waals surface area contributed by atoms with Crippen molar-refractivity contribution < 1.29 is 12.8 Å². The Morgan fingerprint density at radius 2 is 1.89 bits per heavy atom. The highest BCUT2D eigenvalue weighted by atomic mass is 32.2. The fourth-order valence-corrected chi connectivity index (χ4v) is 2.73. The number of halogens is 1. The lowest BCUT2D eigenvalue weighted by Crippen LogP contribution is -2.23. The summed E-state index contributed by atoms with van der Waals surface area (Å²) in [5.74, 6) is -0.309. The molecule has 0 amide bonds. The van der Waals surface area contributed by atoms with Crippen molar-refractivity contribution >= 4 is 15.7 Å². The number of sulfonamides is 1. The van der Waals surface area contributed by atoms with Crippen molar-refractivity contribution in [3.05, 3.63) is 30.1 Å². The van der Waals surface area contributed by atoms with Crippen LogP contribution in [0, 0.1) is 5.82 Å². The molecule has 18 heavy (non-hydrogen) atoms. The fourth-order valence-electron chi connectivity index (χ4n) is 1.60. The van der Waals surface area contributed by atoms with Gasteiger partial charge in [-0.25, -0.2) is 12.8 Å². The van der Waals surface area contributed by atoms with Crippen molar-refractivity contribution in [2.45, 2.75) is 25.3 Å². The maximum absolute atomic E-state index is 12.7. The summed E-state index contributed by atoms with van der Waals surface area (Å²) in [5, 5.41) is 3.26. The Labute approximate surface area is 107 Å². The van der Waals surface area contributed by atoms with E-state index in [9.17, 15) is 12.8 Å². The summed E-state index contributed by atoms with van der Waals surface area (Å²) in [6, 6.07) is 5.88. The van der Waals surface area contributed by atoms with Crippen LogP contribution in [-0.2, 0) is 10.0 Å². The Morgan fingerprint density at radius 3 is 2.50 bits per heavy atom. The van der Waals surface area contributed by atoms with Gasteiger partial charge in [0.15, 0.2) is 0 Å². The molecule has 1 aromatic carbocycles. The van der Waals surface area contributed by atoms with Crippen molar-refractivity contribution in [2.24, 2.45) is 0 Å². The van der Waals surface area contributed by atoms with E-state index < -0.39 is 10.0 Å². The predicted octanol–water partition coefficient (Wildman–Crippen LogP) is 1.71. The average molecular weight is 272 g/mol. The van der Waals surface area contributed by atoms with Gasteiger partial charge in [0.1, 0.15) is 5.82 Å². The Balaban J connectivity index is 1.76. The van der Waals surface area contributed by atoms with Crippen molar-refractivity contribution in [2.75, 3.05) is 17.0 Å². The molecule has 1 aliphatic carbocycles. The molecular weight excluding hydrogens is 255 g/mol. The van der Waals surface area contributed by atoms with Crippen LogP contribution in [0.5, 0.6) is 0 Å². The highest BCUT2D eigenvalue weighted by Crippen LogP contribution is 2.18. The van der Waals surface area contributed by atoms with E-state index in [0.717, 1.165) is 6.54 Å². The summed E-state index contributed by atoms with van der Waals surface area (Å²) in [5.41, 5.74) is 0.395. The molecule has 100 valence electrons. The van der Waals surface area contributed by atoms with Crippen LogP contribution in [0.4, 0.5) is 10.1 Å². The monoisotopic (exact) mass is 272 g/mol. The number of hydrogen-bond donors (Lipinski definition) is 2. The first-order chi connectivity index (χ1) is 8.55. The molecule has 0 heterocycles. The van der Waals surface area contributed by atoms with E-state index in [1.54, 1.807) is 0 Å². The average Bonchev–Trinajstić information content (AvgIpc) is 3.11. The number of benzene rings is 1. The van der Waals surface area contributed by atoms with E-state index in [-0.39, 0.29) is 11.6 Å². The highest BCUT2D eigenvalue weighted by Gasteiger charge is 2.20. The maximum atomic E-state index is 12.7. The molecule has 1 fully saturated rings. The molecule has 1 aliphatic rings. The molecule has 0 spiro atoms. The smallest absolute Gasteiger partial charge is 0.232 e. The molecule has 1 saturated carbocycles. The number of nitrogens with one attached hydrogen (secondary N) is 2. The summed E-state index contributed by atoms with van der Waals surface area (Å²) in [6.07, 6.45) is 2.97. The van der Waals surface area contributed by atoms with Crippen molar-refractivity contribution in [3.8, 4) is 0 Å². The summed E-state index contributed by atoms with van der Waals surface area (Å²) in [4.78, 5) is 0. The van der Waals surface area contributed by atoms with E-state index in [4.69, 9.17) is 0 Å². The largest absolute Gasteiger partial charge is 0.314 e. The van der Waals surface area contributed by atoms with E-state index in [0.29, 0.717) is 18.2 Å². The van der Waals surface area contributed by atoms with Crippen LogP contribution in [0.25, 0.3) is 0 Å². The summed E-state index contributed by atoms with van der Waals surface area (Å²) < 4.78 is 38.5. The van der Waals surface area contributed by atoms with Gasteiger partial charge in [-0.2, -0.15) is 0 Å². The lowest BCUT2D eigenvalue weighted by molar-refractivity contribution is 0.593. The van der Waals surface area contributed by atoms with E-state index in [1.165, 1.54) is 37.1 Å². The Bertz CT molecular complexity index is 483. The molecule has 0 saturated heterocycles. The predicted molar refractivity (Wildman–Crippen MR) is 69.5 cm³/mol. The first kappa shape index (κ1) is 13.3. The van der Waals surface area contributed by atoms with Crippen LogP contribution < -0.4 is 10.0 Å². The molecule has 0 radical (unpaired) electrons.